The van der Waals surface area contributed by atoms with Crippen LogP contribution in [0.15, 0.2) is 71.6 Å². The lowest BCUT2D eigenvalue weighted by Crippen LogP contribution is -2.44. The van der Waals surface area contributed by atoms with Crippen LogP contribution in [-0.4, -0.2) is 53.7 Å². The third-order valence-corrected chi connectivity index (χ3v) is 6.70. The molecule has 1 saturated heterocycles. The lowest BCUT2D eigenvalue weighted by Gasteiger charge is -2.35. The van der Waals surface area contributed by atoms with E-state index in [2.05, 4.69) is 16.8 Å². The average Bonchev–Trinajstić information content (AvgIpc) is 2.79. The quantitative estimate of drug-likeness (QED) is 0.662. The highest BCUT2D eigenvalue weighted by Gasteiger charge is 2.21. The fourth-order valence-electron chi connectivity index (χ4n) is 3.97. The van der Waals surface area contributed by atoms with Crippen molar-refractivity contribution in [1.82, 2.24) is 4.90 Å². The number of likely N-dealkylation sites (N-methyl/N-ethyl adjacent to an activating group) is 1. The molecule has 0 unspecified atom stereocenters. The van der Waals surface area contributed by atoms with Gasteiger partial charge in [-0.05, 0) is 48.0 Å². The minimum atomic E-state index is -3.89. The van der Waals surface area contributed by atoms with Crippen molar-refractivity contribution >= 4 is 15.7 Å². The molecule has 31 heavy (non-hydrogen) atoms. The van der Waals surface area contributed by atoms with Crippen molar-refractivity contribution in [1.29, 1.82) is 0 Å². The molecular weight excluding hydrogens is 410 g/mol. The molecule has 7 heteroatoms. The second kappa shape index (κ2) is 8.70. The number of nitrogens with zero attached hydrogens (tertiary/aromatic N) is 2. The molecule has 0 aromatic heterocycles. The number of hydrogen-bond donors (Lipinski definition) is 1. The summed E-state index contributed by atoms with van der Waals surface area (Å²) in [5, 5.41) is 5.57. The summed E-state index contributed by atoms with van der Waals surface area (Å²) < 4.78 is 30.3. The molecule has 162 valence electrons. The summed E-state index contributed by atoms with van der Waals surface area (Å²) in [6.45, 7) is 3.67. The summed E-state index contributed by atoms with van der Waals surface area (Å²) in [6, 6.07) is 20.9. The Labute approximate surface area is 183 Å². The number of piperazine rings is 1. The van der Waals surface area contributed by atoms with E-state index >= 15 is 0 Å². The van der Waals surface area contributed by atoms with Crippen LogP contribution in [0.4, 0.5) is 5.69 Å². The Balaban J connectivity index is 1.85. The predicted octanol–water partition coefficient (Wildman–Crippen LogP) is 3.43. The summed E-state index contributed by atoms with van der Waals surface area (Å²) >= 11 is 0. The molecule has 0 bridgehead atoms. The lowest BCUT2D eigenvalue weighted by molar-refractivity contribution is 0.311. The largest absolute Gasteiger partial charge is 0.495 e. The first kappa shape index (κ1) is 21.4. The van der Waals surface area contributed by atoms with Crippen LogP contribution in [0.3, 0.4) is 0 Å². The Bertz CT molecular complexity index is 1170. The van der Waals surface area contributed by atoms with Gasteiger partial charge in [0.1, 0.15) is 5.75 Å². The van der Waals surface area contributed by atoms with Crippen molar-refractivity contribution in [3.63, 3.8) is 0 Å². The molecule has 2 N–H and O–H groups in total. The van der Waals surface area contributed by atoms with Crippen molar-refractivity contribution in [2.45, 2.75) is 4.90 Å². The molecule has 0 amide bonds. The number of rotatable bonds is 5. The van der Waals surface area contributed by atoms with Gasteiger partial charge in [-0.3, -0.25) is 0 Å². The van der Waals surface area contributed by atoms with Crippen LogP contribution in [-0.2, 0) is 10.0 Å². The molecule has 3 aromatic carbocycles. The van der Waals surface area contributed by atoms with Gasteiger partial charge >= 0.3 is 0 Å². The summed E-state index contributed by atoms with van der Waals surface area (Å²) in [7, 11) is -0.130. The smallest absolute Gasteiger partial charge is 0.238 e. The van der Waals surface area contributed by atoms with Crippen LogP contribution in [0.25, 0.3) is 22.3 Å². The van der Waals surface area contributed by atoms with Crippen LogP contribution in [0.5, 0.6) is 5.75 Å². The van der Waals surface area contributed by atoms with E-state index in [1.165, 1.54) is 0 Å². The van der Waals surface area contributed by atoms with Crippen LogP contribution in [0.1, 0.15) is 0 Å². The minimum absolute atomic E-state index is 0.113. The second-order valence-corrected chi connectivity index (χ2v) is 9.33. The average molecular weight is 438 g/mol. The predicted molar refractivity (Wildman–Crippen MR) is 125 cm³/mol. The molecule has 1 fully saturated rings. The van der Waals surface area contributed by atoms with Crippen molar-refractivity contribution in [2.24, 2.45) is 5.14 Å². The van der Waals surface area contributed by atoms with Crippen molar-refractivity contribution < 1.29 is 13.2 Å². The highest BCUT2D eigenvalue weighted by molar-refractivity contribution is 7.89. The topological polar surface area (TPSA) is 75.9 Å². The van der Waals surface area contributed by atoms with Gasteiger partial charge in [-0.15, -0.1) is 0 Å². The summed E-state index contributed by atoms with van der Waals surface area (Å²) in [5.41, 5.74) is 4.27. The van der Waals surface area contributed by atoms with Gasteiger partial charge in [0.25, 0.3) is 0 Å². The van der Waals surface area contributed by atoms with Gasteiger partial charge in [0.2, 0.25) is 10.0 Å². The third-order valence-electron chi connectivity index (χ3n) is 5.73. The summed E-state index contributed by atoms with van der Waals surface area (Å²) in [5.74, 6) is 0.768. The molecule has 6 nitrogen and oxygen atoms in total. The maximum Gasteiger partial charge on any atom is 0.238 e. The highest BCUT2D eigenvalue weighted by atomic mass is 32.2. The van der Waals surface area contributed by atoms with Gasteiger partial charge in [0.15, 0.2) is 0 Å². The minimum Gasteiger partial charge on any atom is -0.495 e. The molecule has 0 atom stereocenters. The molecule has 0 spiro atoms. The first-order chi connectivity index (χ1) is 14.9. The molecule has 4 rings (SSSR count). The Morgan fingerprint density at radius 3 is 2.16 bits per heavy atom. The van der Waals surface area contributed by atoms with E-state index in [-0.39, 0.29) is 4.90 Å². The number of benzene rings is 3. The van der Waals surface area contributed by atoms with E-state index in [4.69, 9.17) is 9.88 Å². The molecule has 0 saturated carbocycles. The van der Waals surface area contributed by atoms with E-state index in [0.717, 1.165) is 54.3 Å². The van der Waals surface area contributed by atoms with Crippen LogP contribution >= 0.6 is 0 Å². The van der Waals surface area contributed by atoms with Crippen molar-refractivity contribution in [3.05, 3.63) is 66.7 Å². The van der Waals surface area contributed by atoms with E-state index in [9.17, 15) is 8.42 Å². The zero-order valence-electron chi connectivity index (χ0n) is 17.8. The third kappa shape index (κ3) is 4.58. The molecule has 1 aliphatic rings. The Morgan fingerprint density at radius 1 is 0.839 bits per heavy atom. The first-order valence-corrected chi connectivity index (χ1v) is 11.8. The molecule has 0 aliphatic carbocycles. The number of sulfonamides is 1. The number of methoxy groups -OCH3 is 1. The van der Waals surface area contributed by atoms with Gasteiger partial charge in [-0.1, -0.05) is 42.5 Å². The Hall–Kier alpha value is -2.87. The van der Waals surface area contributed by atoms with E-state index in [1.54, 1.807) is 19.2 Å². The number of nitrogens with two attached hydrogens (primary N) is 1. The first-order valence-electron chi connectivity index (χ1n) is 10.2. The summed E-state index contributed by atoms with van der Waals surface area (Å²) in [6.07, 6.45) is 0. The van der Waals surface area contributed by atoms with Crippen LogP contribution in [0.2, 0.25) is 0 Å². The molecule has 0 radical (unpaired) electrons. The van der Waals surface area contributed by atoms with E-state index < -0.39 is 10.0 Å². The summed E-state index contributed by atoms with van der Waals surface area (Å²) in [4.78, 5) is 4.68. The normalized spacial score (nSPS) is 15.1. The molecule has 1 aliphatic heterocycles. The van der Waals surface area contributed by atoms with Crippen molar-refractivity contribution in [2.75, 3.05) is 45.2 Å². The number of primary sulfonamides is 1. The second-order valence-electron chi connectivity index (χ2n) is 7.80. The Morgan fingerprint density at radius 2 is 1.52 bits per heavy atom. The van der Waals surface area contributed by atoms with E-state index in [1.807, 2.05) is 54.6 Å². The zero-order chi connectivity index (χ0) is 22.0. The van der Waals surface area contributed by atoms with Crippen molar-refractivity contribution in [3.8, 4) is 28.0 Å². The molecule has 1 heterocycles. The molecular formula is C24H27N3O3S. The monoisotopic (exact) mass is 437 g/mol. The van der Waals surface area contributed by atoms with Gasteiger partial charge < -0.3 is 14.5 Å². The maximum absolute atomic E-state index is 12.4. The number of ether oxygens (including phenoxy) is 1. The lowest BCUT2D eigenvalue weighted by atomic mass is 9.98. The van der Waals surface area contributed by atoms with Crippen LogP contribution in [0, 0.1) is 0 Å². The molecule has 3 aromatic rings. The van der Waals surface area contributed by atoms with Gasteiger partial charge in [0.05, 0.1) is 17.7 Å². The van der Waals surface area contributed by atoms with Gasteiger partial charge in [-0.25, -0.2) is 13.6 Å². The fraction of sp³-hybridized carbons (Fsp3) is 0.250. The SMILES string of the molecule is COc1ccc(-c2cc(-c3ccccc3)ccc2S(N)(=O)=O)cc1N1CCN(C)CC1. The fourth-order valence-corrected chi connectivity index (χ4v) is 4.71. The van der Waals surface area contributed by atoms with E-state index in [0.29, 0.717) is 5.56 Å². The highest BCUT2D eigenvalue weighted by Crippen LogP contribution is 2.37. The van der Waals surface area contributed by atoms with Gasteiger partial charge in [-0.2, -0.15) is 0 Å². The standard InChI is InChI=1S/C24H27N3O3S/c1-26-12-14-27(15-13-26)22-17-20(8-10-23(22)30-2)21-16-19(18-6-4-3-5-7-18)9-11-24(21)31(25,28)29/h3-11,16-17H,12-15H2,1-2H3,(H2,25,28,29). The number of anilines is 1. The zero-order valence-corrected chi connectivity index (χ0v) is 18.6. The van der Waals surface area contributed by atoms with Gasteiger partial charge in [0, 0.05) is 31.7 Å². The maximum atomic E-state index is 12.4. The van der Waals surface area contributed by atoms with Crippen LogP contribution < -0.4 is 14.8 Å². The Kier molecular flexibility index (Phi) is 6.00. The number of hydrogen-bond acceptors (Lipinski definition) is 5.